The van der Waals surface area contributed by atoms with Crippen molar-refractivity contribution in [1.82, 2.24) is 0 Å². The lowest BCUT2D eigenvalue weighted by molar-refractivity contribution is -0.384. The fraction of sp³-hybridized carbons (Fsp3) is 0.500. The van der Waals surface area contributed by atoms with Gasteiger partial charge in [-0.25, -0.2) is 0 Å². The summed E-state index contributed by atoms with van der Waals surface area (Å²) in [5, 5.41) is 13.9. The minimum absolute atomic E-state index is 0.0301. The number of nitrogen functional groups attached to an aromatic ring is 1. The van der Waals surface area contributed by atoms with E-state index >= 15 is 0 Å². The maximum atomic E-state index is 10.7. The molecule has 1 aromatic carbocycles. The fourth-order valence-electron chi connectivity index (χ4n) is 2.01. The Morgan fingerprint density at radius 2 is 2.18 bits per heavy atom. The zero-order valence-corrected chi connectivity index (χ0v) is 10.1. The van der Waals surface area contributed by atoms with Gasteiger partial charge >= 0.3 is 0 Å². The number of nitrogens with one attached hydrogen (secondary N) is 1. The molecule has 0 aliphatic heterocycles. The number of nitro benzene ring substituents is 1. The summed E-state index contributed by atoms with van der Waals surface area (Å²) < 4.78 is 0. The third-order valence-corrected chi connectivity index (χ3v) is 3.42. The van der Waals surface area contributed by atoms with Crippen molar-refractivity contribution in [2.45, 2.75) is 20.3 Å². The van der Waals surface area contributed by atoms with E-state index in [0.717, 1.165) is 12.2 Å². The fourth-order valence-corrected chi connectivity index (χ4v) is 2.01. The zero-order valence-electron chi connectivity index (χ0n) is 10.1. The van der Waals surface area contributed by atoms with Gasteiger partial charge in [-0.05, 0) is 23.8 Å². The quantitative estimate of drug-likeness (QED) is 0.477. The minimum Gasteiger partial charge on any atom is -0.398 e. The monoisotopic (exact) mass is 235 g/mol. The van der Waals surface area contributed by atoms with E-state index < -0.39 is 4.92 Å². The van der Waals surface area contributed by atoms with Gasteiger partial charge in [0.1, 0.15) is 0 Å². The van der Waals surface area contributed by atoms with Crippen molar-refractivity contribution in [3.05, 3.63) is 28.3 Å². The topological polar surface area (TPSA) is 81.2 Å². The molecule has 0 radical (unpaired) electrons. The molecule has 1 atom stereocenters. The Bertz CT molecular complexity index is 457. The van der Waals surface area contributed by atoms with Crippen LogP contribution in [0.5, 0.6) is 0 Å². The van der Waals surface area contributed by atoms with Crippen molar-refractivity contribution >= 4 is 17.1 Å². The van der Waals surface area contributed by atoms with Crippen LogP contribution in [0.1, 0.15) is 20.3 Å². The molecule has 0 saturated heterocycles. The Hall–Kier alpha value is -1.78. The number of nitrogens with two attached hydrogens (primary N) is 1. The van der Waals surface area contributed by atoms with Gasteiger partial charge < -0.3 is 11.1 Å². The molecule has 1 saturated carbocycles. The van der Waals surface area contributed by atoms with Crippen LogP contribution in [-0.2, 0) is 0 Å². The number of benzene rings is 1. The summed E-state index contributed by atoms with van der Waals surface area (Å²) >= 11 is 0. The molecule has 0 heterocycles. The van der Waals surface area contributed by atoms with Gasteiger partial charge in [-0.1, -0.05) is 13.8 Å². The molecular weight excluding hydrogens is 218 g/mol. The minimum atomic E-state index is -0.428. The maximum Gasteiger partial charge on any atom is 0.273 e. The third-order valence-electron chi connectivity index (χ3n) is 3.42. The van der Waals surface area contributed by atoms with Crippen LogP contribution in [-0.4, -0.2) is 11.5 Å². The van der Waals surface area contributed by atoms with Gasteiger partial charge in [0.25, 0.3) is 5.69 Å². The van der Waals surface area contributed by atoms with E-state index in [4.69, 9.17) is 5.73 Å². The summed E-state index contributed by atoms with van der Waals surface area (Å²) in [5.41, 5.74) is 7.20. The predicted molar refractivity (Wildman–Crippen MR) is 67.9 cm³/mol. The van der Waals surface area contributed by atoms with Gasteiger partial charge in [-0.3, -0.25) is 10.1 Å². The second-order valence-electron chi connectivity index (χ2n) is 5.34. The summed E-state index contributed by atoms with van der Waals surface area (Å²) in [6.07, 6.45) is 1.20. The van der Waals surface area contributed by atoms with E-state index in [-0.39, 0.29) is 5.69 Å². The Labute approximate surface area is 100 Å². The molecule has 0 amide bonds. The summed E-state index contributed by atoms with van der Waals surface area (Å²) in [5.74, 6) is 0.642. The Kier molecular flexibility index (Phi) is 2.69. The van der Waals surface area contributed by atoms with Gasteiger partial charge in [-0.15, -0.1) is 0 Å². The number of rotatable bonds is 4. The van der Waals surface area contributed by atoms with Crippen LogP contribution >= 0.6 is 0 Å². The Balaban J connectivity index is 2.03. The van der Waals surface area contributed by atoms with E-state index in [1.807, 2.05) is 0 Å². The van der Waals surface area contributed by atoms with Gasteiger partial charge in [0.15, 0.2) is 0 Å². The molecule has 1 aliphatic carbocycles. The normalized spacial score (nSPS) is 20.9. The average Bonchev–Trinajstić information content (AvgIpc) is 2.83. The van der Waals surface area contributed by atoms with Crippen molar-refractivity contribution in [3.8, 4) is 0 Å². The lowest BCUT2D eigenvalue weighted by atomic mass is 10.1. The van der Waals surface area contributed by atoms with Gasteiger partial charge in [0.05, 0.1) is 4.92 Å². The predicted octanol–water partition coefficient (Wildman–Crippen LogP) is 2.63. The average molecular weight is 235 g/mol. The first kappa shape index (κ1) is 11.7. The van der Waals surface area contributed by atoms with E-state index in [2.05, 4.69) is 19.2 Å². The molecule has 2 rings (SSSR count). The number of hydrogen-bond acceptors (Lipinski definition) is 4. The molecule has 1 unspecified atom stereocenters. The van der Waals surface area contributed by atoms with E-state index in [9.17, 15) is 10.1 Å². The number of non-ortho nitro benzene ring substituents is 1. The van der Waals surface area contributed by atoms with Crippen LogP contribution in [0.25, 0.3) is 0 Å². The molecular formula is C12H17N3O2. The number of anilines is 2. The van der Waals surface area contributed by atoms with Crippen LogP contribution in [0.2, 0.25) is 0 Å². The van der Waals surface area contributed by atoms with Crippen LogP contribution in [0, 0.1) is 21.4 Å². The second-order valence-corrected chi connectivity index (χ2v) is 5.34. The molecule has 3 N–H and O–H groups in total. The molecule has 92 valence electrons. The summed E-state index contributed by atoms with van der Waals surface area (Å²) in [7, 11) is 0. The highest BCUT2D eigenvalue weighted by Gasteiger charge is 2.44. The Morgan fingerprint density at radius 1 is 1.53 bits per heavy atom. The standard InChI is InChI=1S/C12H17N3O2/c1-12(2)6-8(12)7-14-10-3-9(13)4-11(5-10)15(16)17/h3-5,8,14H,6-7,13H2,1-2H3. The molecule has 0 bridgehead atoms. The van der Waals surface area contributed by atoms with Gasteiger partial charge in [-0.2, -0.15) is 0 Å². The highest BCUT2D eigenvalue weighted by molar-refractivity contribution is 5.61. The third kappa shape index (κ3) is 2.67. The summed E-state index contributed by atoms with van der Waals surface area (Å²) in [6.45, 7) is 5.29. The van der Waals surface area contributed by atoms with Gasteiger partial charge in [0, 0.05) is 30.1 Å². The van der Waals surface area contributed by atoms with Gasteiger partial charge in [0.2, 0.25) is 0 Å². The smallest absolute Gasteiger partial charge is 0.273 e. The molecule has 5 heteroatoms. The largest absolute Gasteiger partial charge is 0.398 e. The molecule has 1 aromatic rings. The lowest BCUT2D eigenvalue weighted by Gasteiger charge is -2.08. The zero-order chi connectivity index (χ0) is 12.6. The SMILES string of the molecule is CC1(C)CC1CNc1cc(N)cc([N+](=O)[O-])c1. The molecule has 1 aliphatic rings. The number of hydrogen-bond donors (Lipinski definition) is 2. The van der Waals surface area contributed by atoms with Crippen molar-refractivity contribution in [1.29, 1.82) is 0 Å². The summed E-state index contributed by atoms with van der Waals surface area (Å²) in [4.78, 5) is 10.3. The first-order valence-electron chi connectivity index (χ1n) is 5.67. The van der Waals surface area contributed by atoms with E-state index in [1.54, 1.807) is 6.07 Å². The molecule has 17 heavy (non-hydrogen) atoms. The first-order chi connectivity index (χ1) is 7.88. The van der Waals surface area contributed by atoms with Crippen LogP contribution < -0.4 is 11.1 Å². The van der Waals surface area contributed by atoms with E-state index in [0.29, 0.717) is 17.0 Å². The van der Waals surface area contributed by atoms with Crippen LogP contribution in [0.4, 0.5) is 17.1 Å². The van der Waals surface area contributed by atoms with Crippen molar-refractivity contribution in [2.24, 2.45) is 11.3 Å². The number of nitrogens with zero attached hydrogens (tertiary/aromatic N) is 1. The first-order valence-corrected chi connectivity index (χ1v) is 5.67. The second kappa shape index (κ2) is 3.91. The van der Waals surface area contributed by atoms with Crippen LogP contribution in [0.15, 0.2) is 18.2 Å². The van der Waals surface area contributed by atoms with Crippen LogP contribution in [0.3, 0.4) is 0 Å². The Morgan fingerprint density at radius 3 is 2.71 bits per heavy atom. The van der Waals surface area contributed by atoms with Crippen molar-refractivity contribution < 1.29 is 4.92 Å². The highest BCUT2D eigenvalue weighted by Crippen LogP contribution is 2.51. The molecule has 0 aromatic heterocycles. The van der Waals surface area contributed by atoms with Crippen molar-refractivity contribution in [2.75, 3.05) is 17.6 Å². The maximum absolute atomic E-state index is 10.7. The molecule has 5 nitrogen and oxygen atoms in total. The van der Waals surface area contributed by atoms with E-state index in [1.165, 1.54) is 18.6 Å². The highest BCUT2D eigenvalue weighted by atomic mass is 16.6. The molecule has 1 fully saturated rings. The lowest BCUT2D eigenvalue weighted by Crippen LogP contribution is -2.07. The molecule has 0 spiro atoms. The van der Waals surface area contributed by atoms with Crippen molar-refractivity contribution in [3.63, 3.8) is 0 Å². The number of nitro groups is 1. The summed E-state index contributed by atoms with van der Waals surface area (Å²) in [6, 6.07) is 4.61.